The zero-order valence-electron chi connectivity index (χ0n) is 6.12. The van der Waals surface area contributed by atoms with Crippen molar-refractivity contribution >= 4 is 51.8 Å². The number of halogens is 3. The molecule has 11 heavy (non-hydrogen) atoms. The van der Waals surface area contributed by atoms with Crippen LogP contribution in [0.3, 0.4) is 0 Å². The number of alkyl halides is 3. The maximum atomic E-state index is 5.96. The van der Waals surface area contributed by atoms with E-state index in [1.54, 1.807) is 0 Å². The standard InChI is InChI=1S/C7H11BrCl2S/c8-7(9,10)6(11)4-2-1-3-5-6/h11H,1-5H2. The minimum atomic E-state index is -0.871. The summed E-state index contributed by atoms with van der Waals surface area (Å²) in [4.78, 5) is 0. The maximum absolute atomic E-state index is 5.96. The molecule has 0 N–H and O–H groups in total. The van der Waals surface area contributed by atoms with Crippen LogP contribution in [0.25, 0.3) is 0 Å². The highest BCUT2D eigenvalue weighted by atomic mass is 79.9. The molecular weight excluding hydrogens is 267 g/mol. The molecule has 1 aliphatic carbocycles. The van der Waals surface area contributed by atoms with Gasteiger partial charge in [0.1, 0.15) is 0 Å². The molecule has 1 saturated carbocycles. The lowest BCUT2D eigenvalue weighted by Gasteiger charge is -2.38. The number of hydrogen-bond donors (Lipinski definition) is 1. The van der Waals surface area contributed by atoms with E-state index in [1.165, 1.54) is 19.3 Å². The third-order valence-corrected chi connectivity index (χ3v) is 5.04. The topological polar surface area (TPSA) is 0 Å². The SMILES string of the molecule is SC1(C(Cl)(Cl)Br)CCCCC1. The van der Waals surface area contributed by atoms with Gasteiger partial charge in [0, 0.05) is 0 Å². The Morgan fingerprint density at radius 1 is 1.18 bits per heavy atom. The maximum Gasteiger partial charge on any atom is 0.186 e. The van der Waals surface area contributed by atoms with Crippen molar-refractivity contribution in [2.45, 2.75) is 40.1 Å². The van der Waals surface area contributed by atoms with E-state index < -0.39 is 3.24 Å². The van der Waals surface area contributed by atoms with Gasteiger partial charge in [0.2, 0.25) is 0 Å². The van der Waals surface area contributed by atoms with Crippen LogP contribution in [0.15, 0.2) is 0 Å². The normalized spacial score (nSPS) is 25.1. The van der Waals surface area contributed by atoms with Gasteiger partial charge in [0.15, 0.2) is 3.24 Å². The minimum Gasteiger partial charge on any atom is -0.168 e. The number of rotatable bonds is 1. The summed E-state index contributed by atoms with van der Waals surface area (Å²) >= 11 is 19.7. The first kappa shape index (κ1) is 10.5. The first-order valence-electron chi connectivity index (χ1n) is 3.75. The monoisotopic (exact) mass is 276 g/mol. The molecule has 0 heterocycles. The zero-order valence-corrected chi connectivity index (χ0v) is 10.1. The van der Waals surface area contributed by atoms with Crippen molar-refractivity contribution in [1.29, 1.82) is 0 Å². The molecule has 0 atom stereocenters. The summed E-state index contributed by atoms with van der Waals surface area (Å²) in [5, 5.41) is 0. The Bertz CT molecular complexity index is 138. The predicted octanol–water partition coefficient (Wildman–Crippen LogP) is 4.15. The van der Waals surface area contributed by atoms with Crippen molar-refractivity contribution in [2.75, 3.05) is 0 Å². The van der Waals surface area contributed by atoms with Gasteiger partial charge in [0.05, 0.1) is 4.75 Å². The molecule has 0 aromatic carbocycles. The van der Waals surface area contributed by atoms with E-state index in [1.807, 2.05) is 0 Å². The average Bonchev–Trinajstić information content (AvgIpc) is 1.87. The van der Waals surface area contributed by atoms with E-state index in [4.69, 9.17) is 23.2 Å². The van der Waals surface area contributed by atoms with Crippen LogP contribution in [0.1, 0.15) is 32.1 Å². The molecule has 0 radical (unpaired) electrons. The van der Waals surface area contributed by atoms with Gasteiger partial charge < -0.3 is 0 Å². The van der Waals surface area contributed by atoms with Crippen molar-refractivity contribution < 1.29 is 0 Å². The zero-order chi connectivity index (χ0) is 8.54. The molecule has 0 nitrogen and oxygen atoms in total. The summed E-state index contributed by atoms with van der Waals surface area (Å²) in [5.74, 6) is 0. The Morgan fingerprint density at radius 3 is 1.91 bits per heavy atom. The van der Waals surface area contributed by atoms with Gasteiger partial charge in [-0.15, -0.1) is 0 Å². The average molecular weight is 278 g/mol. The van der Waals surface area contributed by atoms with Crippen LogP contribution in [-0.2, 0) is 0 Å². The van der Waals surface area contributed by atoms with Gasteiger partial charge in [-0.05, 0) is 28.8 Å². The molecule has 1 fully saturated rings. The van der Waals surface area contributed by atoms with Gasteiger partial charge in [-0.2, -0.15) is 12.6 Å². The highest BCUT2D eigenvalue weighted by molar-refractivity contribution is 9.11. The fourth-order valence-electron chi connectivity index (χ4n) is 1.42. The molecule has 1 rings (SSSR count). The van der Waals surface area contributed by atoms with Crippen LogP contribution in [0.5, 0.6) is 0 Å². The molecule has 0 saturated heterocycles. The third-order valence-electron chi connectivity index (χ3n) is 2.21. The van der Waals surface area contributed by atoms with E-state index in [9.17, 15) is 0 Å². The Labute approximate surface area is 91.6 Å². The van der Waals surface area contributed by atoms with Gasteiger partial charge in [-0.3, -0.25) is 0 Å². The van der Waals surface area contributed by atoms with E-state index in [0.717, 1.165) is 12.8 Å². The second-order valence-electron chi connectivity index (χ2n) is 3.09. The third kappa shape index (κ3) is 2.43. The quantitative estimate of drug-likeness (QED) is 0.540. The Kier molecular flexibility index (Phi) is 3.48. The molecule has 0 unspecified atom stereocenters. The van der Waals surface area contributed by atoms with Crippen LogP contribution in [0, 0.1) is 0 Å². The van der Waals surface area contributed by atoms with Gasteiger partial charge >= 0.3 is 0 Å². The smallest absolute Gasteiger partial charge is 0.168 e. The molecule has 0 aliphatic heterocycles. The van der Waals surface area contributed by atoms with E-state index in [-0.39, 0.29) is 4.75 Å². The summed E-state index contributed by atoms with van der Waals surface area (Å²) in [6, 6.07) is 0. The molecule has 66 valence electrons. The molecule has 0 amide bonds. The minimum absolute atomic E-state index is 0.242. The van der Waals surface area contributed by atoms with Crippen molar-refractivity contribution in [2.24, 2.45) is 0 Å². The largest absolute Gasteiger partial charge is 0.186 e. The van der Waals surface area contributed by atoms with Gasteiger partial charge in [0.25, 0.3) is 0 Å². The van der Waals surface area contributed by atoms with Gasteiger partial charge in [-0.25, -0.2) is 0 Å². The second-order valence-corrected chi connectivity index (χ2v) is 7.38. The summed E-state index contributed by atoms with van der Waals surface area (Å²) in [6.07, 6.45) is 5.62. The Hall–Kier alpha value is 1.41. The van der Waals surface area contributed by atoms with Crippen LogP contribution in [0.4, 0.5) is 0 Å². The van der Waals surface area contributed by atoms with Crippen molar-refractivity contribution in [3.63, 3.8) is 0 Å². The summed E-state index contributed by atoms with van der Waals surface area (Å²) in [7, 11) is 0. The highest BCUT2D eigenvalue weighted by Crippen LogP contribution is 2.51. The van der Waals surface area contributed by atoms with E-state index in [2.05, 4.69) is 28.6 Å². The van der Waals surface area contributed by atoms with Crippen molar-refractivity contribution in [3.05, 3.63) is 0 Å². The second kappa shape index (κ2) is 3.65. The lowest BCUT2D eigenvalue weighted by atomic mass is 9.89. The summed E-state index contributed by atoms with van der Waals surface area (Å²) < 4.78 is -1.11. The molecule has 4 heteroatoms. The van der Waals surface area contributed by atoms with Crippen molar-refractivity contribution in [3.8, 4) is 0 Å². The van der Waals surface area contributed by atoms with E-state index in [0.29, 0.717) is 0 Å². The summed E-state index contributed by atoms with van der Waals surface area (Å²) in [5.41, 5.74) is 0. The molecule has 0 aromatic rings. The summed E-state index contributed by atoms with van der Waals surface area (Å²) in [6.45, 7) is 0. The molecular formula is C7H11BrCl2S. The molecule has 1 aliphatic rings. The van der Waals surface area contributed by atoms with Crippen molar-refractivity contribution in [1.82, 2.24) is 0 Å². The Morgan fingerprint density at radius 2 is 1.64 bits per heavy atom. The first-order valence-corrected chi connectivity index (χ1v) is 5.74. The van der Waals surface area contributed by atoms with Crippen LogP contribution < -0.4 is 0 Å². The Balaban J connectivity index is 2.64. The van der Waals surface area contributed by atoms with Gasteiger partial charge in [-0.1, -0.05) is 42.5 Å². The first-order chi connectivity index (χ1) is 4.96. The van der Waals surface area contributed by atoms with E-state index >= 15 is 0 Å². The molecule has 0 bridgehead atoms. The lowest BCUT2D eigenvalue weighted by molar-refractivity contribution is 0.409. The number of thiol groups is 1. The fourth-order valence-corrected chi connectivity index (χ4v) is 2.51. The highest BCUT2D eigenvalue weighted by Gasteiger charge is 2.45. The van der Waals surface area contributed by atoms with Crippen LogP contribution in [0.2, 0.25) is 0 Å². The molecule has 0 aromatic heterocycles. The van der Waals surface area contributed by atoms with Crippen LogP contribution in [-0.4, -0.2) is 7.99 Å². The fraction of sp³-hybridized carbons (Fsp3) is 1.00. The number of hydrogen-bond acceptors (Lipinski definition) is 1. The lowest BCUT2D eigenvalue weighted by Crippen LogP contribution is -2.38. The van der Waals surface area contributed by atoms with Crippen LogP contribution >= 0.6 is 51.8 Å². The predicted molar refractivity (Wildman–Crippen MR) is 58.2 cm³/mol. The molecule has 0 spiro atoms.